The van der Waals surface area contributed by atoms with Gasteiger partial charge in [0.15, 0.2) is 5.96 Å². The second kappa shape index (κ2) is 8.86. The summed E-state index contributed by atoms with van der Waals surface area (Å²) >= 11 is 0. The molecule has 2 N–H and O–H groups in total. The molecule has 128 valence electrons. The van der Waals surface area contributed by atoms with Gasteiger partial charge >= 0.3 is 0 Å². The minimum atomic E-state index is -0.228. The first kappa shape index (κ1) is 18.5. The Bertz CT molecular complexity index is 666. The normalized spacial score (nSPS) is 15.9. The monoisotopic (exact) mass is 441 g/mol. The van der Waals surface area contributed by atoms with Crippen LogP contribution in [0.25, 0.3) is 0 Å². The molecular formula is C18H21FIN3O. The zero-order valence-electron chi connectivity index (χ0n) is 13.5. The Kier molecular flexibility index (Phi) is 6.84. The molecule has 0 bridgehead atoms. The Balaban J connectivity index is 0.00000208. The number of hydrogen-bond acceptors (Lipinski definition) is 2. The van der Waals surface area contributed by atoms with E-state index >= 15 is 0 Å². The molecule has 24 heavy (non-hydrogen) atoms. The van der Waals surface area contributed by atoms with Crippen molar-refractivity contribution < 1.29 is 9.13 Å². The number of nitrogens with one attached hydrogen (secondary N) is 2. The number of fused-ring (bicyclic) bond motifs is 1. The number of guanidine groups is 1. The van der Waals surface area contributed by atoms with Crippen LogP contribution < -0.4 is 15.4 Å². The summed E-state index contributed by atoms with van der Waals surface area (Å²) in [4.78, 5) is 4.20. The number of ether oxygens (including phenoxy) is 1. The maximum atomic E-state index is 12.9. The van der Waals surface area contributed by atoms with Crippen LogP contribution in [0.2, 0.25) is 0 Å². The van der Waals surface area contributed by atoms with E-state index in [1.54, 1.807) is 19.2 Å². The Labute approximate surface area is 158 Å². The van der Waals surface area contributed by atoms with Gasteiger partial charge in [-0.3, -0.25) is 4.99 Å². The van der Waals surface area contributed by atoms with Crippen LogP contribution in [-0.2, 0) is 13.0 Å². The summed E-state index contributed by atoms with van der Waals surface area (Å²) < 4.78 is 18.8. The van der Waals surface area contributed by atoms with E-state index in [1.165, 1.54) is 17.7 Å². The van der Waals surface area contributed by atoms with Crippen LogP contribution in [0.15, 0.2) is 53.5 Å². The van der Waals surface area contributed by atoms with Gasteiger partial charge in [0.2, 0.25) is 0 Å². The molecule has 0 saturated heterocycles. The second-order valence-corrected chi connectivity index (χ2v) is 5.48. The van der Waals surface area contributed by atoms with E-state index < -0.39 is 0 Å². The summed E-state index contributed by atoms with van der Waals surface area (Å²) in [7, 11) is 1.73. The molecule has 0 radical (unpaired) electrons. The van der Waals surface area contributed by atoms with E-state index in [9.17, 15) is 4.39 Å². The van der Waals surface area contributed by atoms with Gasteiger partial charge in [-0.15, -0.1) is 24.0 Å². The molecule has 3 rings (SSSR count). The number of halogens is 2. The van der Waals surface area contributed by atoms with E-state index in [1.807, 2.05) is 18.2 Å². The minimum Gasteiger partial charge on any atom is -0.488 e. The van der Waals surface area contributed by atoms with Gasteiger partial charge < -0.3 is 15.4 Å². The van der Waals surface area contributed by atoms with Crippen LogP contribution in [-0.4, -0.2) is 25.7 Å². The molecule has 0 aliphatic carbocycles. The van der Waals surface area contributed by atoms with Crippen LogP contribution in [0.4, 0.5) is 4.39 Å². The fraction of sp³-hybridized carbons (Fsp3) is 0.278. The third-order valence-electron chi connectivity index (χ3n) is 3.81. The van der Waals surface area contributed by atoms with Crippen LogP contribution in [0.1, 0.15) is 11.1 Å². The lowest BCUT2D eigenvalue weighted by Gasteiger charge is -2.15. The summed E-state index contributed by atoms with van der Waals surface area (Å²) in [6.07, 6.45) is 1.01. The minimum absolute atomic E-state index is 0. The molecule has 1 aliphatic rings. The maximum absolute atomic E-state index is 12.9. The first-order chi connectivity index (χ1) is 11.2. The smallest absolute Gasteiger partial charge is 0.191 e. The quantitative estimate of drug-likeness (QED) is 0.436. The van der Waals surface area contributed by atoms with E-state index in [-0.39, 0.29) is 35.9 Å². The van der Waals surface area contributed by atoms with Gasteiger partial charge in [0, 0.05) is 20.0 Å². The number of hydrogen-bond donors (Lipinski definition) is 2. The Morgan fingerprint density at radius 2 is 1.92 bits per heavy atom. The largest absolute Gasteiger partial charge is 0.488 e. The van der Waals surface area contributed by atoms with Crippen molar-refractivity contribution in [2.45, 2.75) is 19.1 Å². The van der Waals surface area contributed by atoms with E-state index in [0.29, 0.717) is 19.0 Å². The summed E-state index contributed by atoms with van der Waals surface area (Å²) in [6, 6.07) is 14.5. The van der Waals surface area contributed by atoms with Crippen molar-refractivity contribution in [1.82, 2.24) is 10.6 Å². The number of rotatable bonds is 4. The van der Waals surface area contributed by atoms with E-state index in [0.717, 1.165) is 17.7 Å². The van der Waals surface area contributed by atoms with E-state index in [4.69, 9.17) is 4.74 Å². The molecule has 4 nitrogen and oxygen atoms in total. The first-order valence-electron chi connectivity index (χ1n) is 7.68. The Morgan fingerprint density at radius 1 is 1.17 bits per heavy atom. The van der Waals surface area contributed by atoms with E-state index in [2.05, 4.69) is 21.7 Å². The van der Waals surface area contributed by atoms with Crippen LogP contribution in [0.3, 0.4) is 0 Å². The fourth-order valence-electron chi connectivity index (χ4n) is 2.59. The third-order valence-corrected chi connectivity index (χ3v) is 3.81. The topological polar surface area (TPSA) is 45.7 Å². The average molecular weight is 441 g/mol. The van der Waals surface area contributed by atoms with Gasteiger partial charge in [-0.1, -0.05) is 30.3 Å². The van der Waals surface area contributed by atoms with Crippen molar-refractivity contribution in [1.29, 1.82) is 0 Å². The second-order valence-electron chi connectivity index (χ2n) is 5.48. The van der Waals surface area contributed by atoms with Gasteiger partial charge in [-0.25, -0.2) is 4.39 Å². The van der Waals surface area contributed by atoms with Crippen molar-refractivity contribution in [3.8, 4) is 5.75 Å². The molecule has 1 heterocycles. The molecule has 1 atom stereocenters. The maximum Gasteiger partial charge on any atom is 0.191 e. The predicted molar refractivity (Wildman–Crippen MR) is 105 cm³/mol. The molecule has 1 unspecified atom stereocenters. The molecule has 0 amide bonds. The van der Waals surface area contributed by atoms with Crippen molar-refractivity contribution in [2.75, 3.05) is 13.6 Å². The molecule has 0 fully saturated rings. The Morgan fingerprint density at radius 3 is 2.62 bits per heavy atom. The summed E-state index contributed by atoms with van der Waals surface area (Å²) in [5.41, 5.74) is 2.24. The molecule has 6 heteroatoms. The molecular weight excluding hydrogens is 420 g/mol. The highest BCUT2D eigenvalue weighted by molar-refractivity contribution is 14.0. The number of aliphatic imine (C=N–C) groups is 1. The van der Waals surface area contributed by atoms with Crippen molar-refractivity contribution in [3.63, 3.8) is 0 Å². The molecule has 2 aromatic carbocycles. The zero-order chi connectivity index (χ0) is 16.1. The van der Waals surface area contributed by atoms with Gasteiger partial charge in [0.05, 0.1) is 6.54 Å². The lowest BCUT2D eigenvalue weighted by atomic mass is 10.1. The highest BCUT2D eigenvalue weighted by atomic mass is 127. The number of nitrogens with zero attached hydrogens (tertiary/aromatic N) is 1. The molecule has 0 saturated carbocycles. The number of benzene rings is 2. The lowest BCUT2D eigenvalue weighted by Crippen LogP contribution is -2.41. The molecule has 0 aromatic heterocycles. The van der Waals surface area contributed by atoms with Crippen LogP contribution in [0.5, 0.6) is 5.75 Å². The fourth-order valence-corrected chi connectivity index (χ4v) is 2.59. The Hall–Kier alpha value is -1.83. The SMILES string of the molecule is CN=C(NCc1ccc(F)cc1)NCC1Cc2ccccc2O1.I. The molecule has 2 aromatic rings. The lowest BCUT2D eigenvalue weighted by molar-refractivity contribution is 0.235. The average Bonchev–Trinajstić information content (AvgIpc) is 2.99. The summed E-state index contributed by atoms with van der Waals surface area (Å²) in [5, 5.41) is 6.48. The highest BCUT2D eigenvalue weighted by Gasteiger charge is 2.22. The van der Waals surface area contributed by atoms with Gasteiger partial charge in [-0.05, 0) is 29.3 Å². The molecule has 0 spiro atoms. The van der Waals surface area contributed by atoms with Crippen LogP contribution >= 0.6 is 24.0 Å². The van der Waals surface area contributed by atoms with Crippen molar-refractivity contribution in [3.05, 3.63) is 65.5 Å². The zero-order valence-corrected chi connectivity index (χ0v) is 15.8. The van der Waals surface area contributed by atoms with Gasteiger partial charge in [0.1, 0.15) is 17.7 Å². The summed E-state index contributed by atoms with van der Waals surface area (Å²) in [5.74, 6) is 1.44. The highest BCUT2D eigenvalue weighted by Crippen LogP contribution is 2.27. The van der Waals surface area contributed by atoms with Crippen LogP contribution in [0, 0.1) is 5.82 Å². The van der Waals surface area contributed by atoms with Gasteiger partial charge in [0.25, 0.3) is 0 Å². The van der Waals surface area contributed by atoms with Crippen molar-refractivity contribution >= 4 is 29.9 Å². The predicted octanol–water partition coefficient (Wildman–Crippen LogP) is 3.11. The van der Waals surface area contributed by atoms with Gasteiger partial charge in [-0.2, -0.15) is 0 Å². The first-order valence-corrected chi connectivity index (χ1v) is 7.68. The third kappa shape index (κ3) is 4.83. The molecule has 1 aliphatic heterocycles. The summed E-state index contributed by atoms with van der Waals surface area (Å²) in [6.45, 7) is 1.27. The van der Waals surface area contributed by atoms with Crippen molar-refractivity contribution in [2.24, 2.45) is 4.99 Å². The standard InChI is InChI=1S/C18H20FN3O.HI/c1-20-18(21-11-13-6-8-15(19)9-7-13)22-12-16-10-14-4-2-3-5-17(14)23-16;/h2-9,16H,10-12H2,1H3,(H2,20,21,22);1H. The number of para-hydroxylation sites is 1.